The van der Waals surface area contributed by atoms with Crippen molar-refractivity contribution >= 4 is 22.3 Å². The van der Waals surface area contributed by atoms with Crippen LogP contribution in [0.2, 0.25) is 0 Å². The van der Waals surface area contributed by atoms with Crippen molar-refractivity contribution < 1.29 is 0 Å². The molecule has 0 unspecified atom stereocenters. The van der Waals surface area contributed by atoms with E-state index in [2.05, 4.69) is 17.1 Å². The zero-order valence-corrected chi connectivity index (χ0v) is 7.46. The van der Waals surface area contributed by atoms with E-state index in [1.807, 2.05) is 6.07 Å². The summed E-state index contributed by atoms with van der Waals surface area (Å²) < 4.78 is 0. The number of aryl methyl sites for hydroxylation is 1. The highest BCUT2D eigenvalue weighted by molar-refractivity contribution is 5.98. The van der Waals surface area contributed by atoms with Crippen LogP contribution in [0.4, 0.5) is 11.4 Å². The van der Waals surface area contributed by atoms with Crippen LogP contribution in [-0.4, -0.2) is 10.2 Å². The van der Waals surface area contributed by atoms with E-state index in [1.165, 1.54) is 0 Å². The molecule has 0 aliphatic carbocycles. The number of nitrogens with two attached hydrogens (primary N) is 2. The van der Waals surface area contributed by atoms with E-state index < -0.39 is 0 Å². The van der Waals surface area contributed by atoms with Gasteiger partial charge in [-0.05, 0) is 18.1 Å². The highest BCUT2D eigenvalue weighted by atomic mass is 15.1. The number of aromatic amines is 1. The highest BCUT2D eigenvalue weighted by Gasteiger charge is 2.07. The number of aromatic nitrogens is 2. The molecule has 1 heterocycles. The van der Waals surface area contributed by atoms with Crippen LogP contribution < -0.4 is 11.5 Å². The summed E-state index contributed by atoms with van der Waals surface area (Å²) >= 11 is 0. The van der Waals surface area contributed by atoms with Crippen molar-refractivity contribution in [2.24, 2.45) is 0 Å². The van der Waals surface area contributed by atoms with Crippen molar-refractivity contribution in [1.29, 1.82) is 0 Å². The Bertz CT molecular complexity index is 444. The number of nitrogen functional groups attached to an aromatic ring is 2. The van der Waals surface area contributed by atoms with Crippen LogP contribution in [0, 0.1) is 0 Å². The monoisotopic (exact) mass is 176 g/mol. The van der Waals surface area contributed by atoms with Gasteiger partial charge in [0, 0.05) is 11.1 Å². The lowest BCUT2D eigenvalue weighted by atomic mass is 10.1. The quantitative estimate of drug-likeness (QED) is 0.573. The average Bonchev–Trinajstić information content (AvgIpc) is 2.60. The highest BCUT2D eigenvalue weighted by Crippen LogP contribution is 2.28. The van der Waals surface area contributed by atoms with Gasteiger partial charge in [-0.1, -0.05) is 6.92 Å². The second-order valence-electron chi connectivity index (χ2n) is 3.05. The van der Waals surface area contributed by atoms with E-state index in [9.17, 15) is 0 Å². The molecule has 4 nitrogen and oxygen atoms in total. The maximum atomic E-state index is 5.93. The second kappa shape index (κ2) is 2.65. The molecule has 2 rings (SSSR count). The zero-order chi connectivity index (χ0) is 9.42. The molecule has 0 saturated carbocycles. The first-order chi connectivity index (χ1) is 6.24. The first-order valence-corrected chi connectivity index (χ1v) is 4.24. The molecular weight excluding hydrogens is 164 g/mol. The lowest BCUT2D eigenvalue weighted by molar-refractivity contribution is 1.12. The number of hydrogen-bond acceptors (Lipinski definition) is 3. The molecule has 1 aromatic heterocycles. The Labute approximate surface area is 75.9 Å². The topological polar surface area (TPSA) is 80.7 Å². The molecule has 68 valence electrons. The standard InChI is InChI=1S/C9H12N4/c1-2-5-3-7(10)9-6(8(5)11)4-12-13-9/h3-4H,2,10-11H2,1H3,(H,12,13). The average molecular weight is 176 g/mol. The minimum absolute atomic E-state index is 0.707. The molecule has 1 aromatic carbocycles. The third-order valence-corrected chi connectivity index (χ3v) is 2.27. The molecule has 0 saturated heterocycles. The Balaban J connectivity index is 2.85. The number of fused-ring (bicyclic) bond motifs is 1. The summed E-state index contributed by atoms with van der Waals surface area (Å²) in [6, 6.07) is 1.90. The SMILES string of the molecule is CCc1cc(N)c2[nH]ncc2c1N. The van der Waals surface area contributed by atoms with Crippen LogP contribution in [-0.2, 0) is 6.42 Å². The normalized spacial score (nSPS) is 10.8. The van der Waals surface area contributed by atoms with E-state index in [1.54, 1.807) is 6.20 Å². The number of hydrogen-bond donors (Lipinski definition) is 3. The van der Waals surface area contributed by atoms with Crippen molar-refractivity contribution in [3.05, 3.63) is 17.8 Å². The van der Waals surface area contributed by atoms with Crippen LogP contribution in [0.3, 0.4) is 0 Å². The zero-order valence-electron chi connectivity index (χ0n) is 7.46. The van der Waals surface area contributed by atoms with Crippen molar-refractivity contribution in [3.63, 3.8) is 0 Å². The van der Waals surface area contributed by atoms with E-state index in [0.29, 0.717) is 5.69 Å². The van der Waals surface area contributed by atoms with Crippen molar-refractivity contribution in [3.8, 4) is 0 Å². The Morgan fingerprint density at radius 3 is 2.92 bits per heavy atom. The molecule has 0 aliphatic rings. The predicted molar refractivity (Wildman–Crippen MR) is 54.3 cm³/mol. The number of benzene rings is 1. The van der Waals surface area contributed by atoms with Gasteiger partial charge in [0.15, 0.2) is 0 Å². The summed E-state index contributed by atoms with van der Waals surface area (Å²) in [6.45, 7) is 2.05. The second-order valence-corrected chi connectivity index (χ2v) is 3.05. The van der Waals surface area contributed by atoms with Gasteiger partial charge in [-0.25, -0.2) is 0 Å². The summed E-state index contributed by atoms with van der Waals surface area (Å²) in [5, 5.41) is 7.65. The van der Waals surface area contributed by atoms with Crippen LogP contribution >= 0.6 is 0 Å². The first kappa shape index (κ1) is 7.91. The fourth-order valence-electron chi connectivity index (χ4n) is 1.51. The summed E-state index contributed by atoms with van der Waals surface area (Å²) in [6.07, 6.45) is 2.59. The Morgan fingerprint density at radius 1 is 1.46 bits per heavy atom. The summed E-state index contributed by atoms with van der Waals surface area (Å²) in [7, 11) is 0. The maximum absolute atomic E-state index is 5.93. The van der Waals surface area contributed by atoms with Gasteiger partial charge in [0.1, 0.15) is 0 Å². The molecule has 2 aromatic rings. The molecule has 0 aliphatic heterocycles. The third-order valence-electron chi connectivity index (χ3n) is 2.27. The lowest BCUT2D eigenvalue weighted by Gasteiger charge is -2.05. The summed E-state index contributed by atoms with van der Waals surface area (Å²) in [4.78, 5) is 0. The van der Waals surface area contributed by atoms with E-state index in [-0.39, 0.29) is 0 Å². The third kappa shape index (κ3) is 1.02. The van der Waals surface area contributed by atoms with Crippen molar-refractivity contribution in [1.82, 2.24) is 10.2 Å². The fraction of sp³-hybridized carbons (Fsp3) is 0.222. The van der Waals surface area contributed by atoms with Gasteiger partial charge >= 0.3 is 0 Å². The Morgan fingerprint density at radius 2 is 2.23 bits per heavy atom. The molecular formula is C9H12N4. The van der Waals surface area contributed by atoms with E-state index in [4.69, 9.17) is 11.5 Å². The van der Waals surface area contributed by atoms with Gasteiger partial charge in [-0.15, -0.1) is 0 Å². The maximum Gasteiger partial charge on any atom is 0.0900 e. The van der Waals surface area contributed by atoms with Crippen molar-refractivity contribution in [2.75, 3.05) is 11.5 Å². The van der Waals surface area contributed by atoms with Gasteiger partial charge in [-0.3, -0.25) is 5.10 Å². The molecule has 0 amide bonds. The molecule has 0 fully saturated rings. The number of nitrogens with zero attached hydrogens (tertiary/aromatic N) is 1. The smallest absolute Gasteiger partial charge is 0.0900 e. The molecule has 0 radical (unpaired) electrons. The van der Waals surface area contributed by atoms with Crippen LogP contribution in [0.25, 0.3) is 10.9 Å². The lowest BCUT2D eigenvalue weighted by Crippen LogP contribution is -1.97. The van der Waals surface area contributed by atoms with E-state index >= 15 is 0 Å². The molecule has 0 atom stereocenters. The number of rotatable bonds is 1. The summed E-state index contributed by atoms with van der Waals surface area (Å²) in [5.74, 6) is 0. The first-order valence-electron chi connectivity index (χ1n) is 4.24. The minimum Gasteiger partial charge on any atom is -0.398 e. The van der Waals surface area contributed by atoms with Crippen LogP contribution in [0.1, 0.15) is 12.5 Å². The molecule has 5 N–H and O–H groups in total. The fourth-order valence-corrected chi connectivity index (χ4v) is 1.51. The molecule has 0 bridgehead atoms. The number of nitrogens with one attached hydrogen (secondary N) is 1. The Hall–Kier alpha value is -1.71. The van der Waals surface area contributed by atoms with Gasteiger partial charge in [-0.2, -0.15) is 5.10 Å². The van der Waals surface area contributed by atoms with Gasteiger partial charge in [0.05, 0.1) is 17.4 Å². The summed E-state index contributed by atoms with van der Waals surface area (Å²) in [5.41, 5.74) is 15.1. The van der Waals surface area contributed by atoms with Crippen LogP contribution in [0.5, 0.6) is 0 Å². The van der Waals surface area contributed by atoms with Gasteiger partial charge in [0.25, 0.3) is 0 Å². The minimum atomic E-state index is 0.707. The van der Waals surface area contributed by atoms with Gasteiger partial charge < -0.3 is 11.5 Å². The molecule has 0 spiro atoms. The largest absolute Gasteiger partial charge is 0.398 e. The predicted octanol–water partition coefficient (Wildman–Crippen LogP) is 1.29. The van der Waals surface area contributed by atoms with Gasteiger partial charge in [0.2, 0.25) is 0 Å². The molecule has 4 heteroatoms. The van der Waals surface area contributed by atoms with Crippen molar-refractivity contribution in [2.45, 2.75) is 13.3 Å². The van der Waals surface area contributed by atoms with Crippen LogP contribution in [0.15, 0.2) is 12.3 Å². The Kier molecular flexibility index (Phi) is 1.62. The molecule has 13 heavy (non-hydrogen) atoms. The number of anilines is 2. The van der Waals surface area contributed by atoms with E-state index in [0.717, 1.165) is 28.6 Å². The number of H-pyrrole nitrogens is 1.